The van der Waals surface area contributed by atoms with Crippen molar-refractivity contribution in [1.29, 1.82) is 0 Å². The normalized spacial score (nSPS) is 21.4. The van der Waals surface area contributed by atoms with Crippen LogP contribution in [0.15, 0.2) is 30.3 Å². The summed E-state index contributed by atoms with van der Waals surface area (Å²) >= 11 is 6.89. The highest BCUT2D eigenvalue weighted by Crippen LogP contribution is 2.29. The Balaban J connectivity index is 2.11. The maximum atomic E-state index is 12.6. The molecule has 0 spiro atoms. The minimum atomic E-state index is -0.608. The standard InChI is InChI=1S/C16H21NO2S2/c1-3-14(18)11(2)15(19)17-13(10-21-16(17)20)9-12-7-5-4-6-8-12/h4-8,11,13-14,18H,3,9-10H2,1-2H3/t11-,13-,14+/m1/s1. The number of nitrogens with zero attached hydrogens (tertiary/aromatic N) is 1. The summed E-state index contributed by atoms with van der Waals surface area (Å²) < 4.78 is 0.635. The molecule has 1 amide bonds. The van der Waals surface area contributed by atoms with Crippen LogP contribution >= 0.6 is 24.0 Å². The third-order valence-electron chi connectivity index (χ3n) is 3.90. The van der Waals surface area contributed by atoms with Crippen LogP contribution in [0.25, 0.3) is 0 Å². The number of thiocarbonyl (C=S) groups is 1. The van der Waals surface area contributed by atoms with Crippen molar-refractivity contribution >= 4 is 34.2 Å². The average molecular weight is 323 g/mol. The van der Waals surface area contributed by atoms with Crippen molar-refractivity contribution in [2.24, 2.45) is 5.92 Å². The molecule has 3 nitrogen and oxygen atoms in total. The van der Waals surface area contributed by atoms with Crippen LogP contribution in [0.4, 0.5) is 0 Å². The Hall–Kier alpha value is -0.910. The van der Waals surface area contributed by atoms with Crippen molar-refractivity contribution in [2.45, 2.75) is 38.8 Å². The highest BCUT2D eigenvalue weighted by Gasteiger charge is 2.37. The number of rotatable bonds is 5. The van der Waals surface area contributed by atoms with E-state index in [1.165, 1.54) is 5.56 Å². The number of benzene rings is 1. The van der Waals surface area contributed by atoms with Crippen LogP contribution in [0.3, 0.4) is 0 Å². The van der Waals surface area contributed by atoms with E-state index in [0.29, 0.717) is 10.7 Å². The molecule has 1 saturated heterocycles. The Morgan fingerprint density at radius 2 is 2.14 bits per heavy atom. The predicted octanol–water partition coefficient (Wildman–Crippen LogP) is 2.87. The minimum absolute atomic E-state index is 0.0553. The SMILES string of the molecule is CC[C@H](O)[C@@H](C)C(=O)N1C(=S)SC[C@H]1Cc1ccccc1. The van der Waals surface area contributed by atoms with Crippen molar-refractivity contribution in [3.63, 3.8) is 0 Å². The maximum Gasteiger partial charge on any atom is 0.233 e. The molecule has 21 heavy (non-hydrogen) atoms. The van der Waals surface area contributed by atoms with Gasteiger partial charge in [-0.15, -0.1) is 0 Å². The number of hydrogen-bond acceptors (Lipinski definition) is 4. The first kappa shape index (κ1) is 16.5. The molecule has 1 aromatic carbocycles. The first-order valence-electron chi connectivity index (χ1n) is 7.26. The van der Waals surface area contributed by atoms with E-state index < -0.39 is 12.0 Å². The van der Waals surface area contributed by atoms with Gasteiger partial charge in [-0.25, -0.2) is 0 Å². The average Bonchev–Trinajstić information content (AvgIpc) is 2.86. The van der Waals surface area contributed by atoms with Crippen LogP contribution in [0.1, 0.15) is 25.8 Å². The van der Waals surface area contributed by atoms with Crippen LogP contribution in [0, 0.1) is 5.92 Å². The maximum absolute atomic E-state index is 12.6. The van der Waals surface area contributed by atoms with Crippen molar-refractivity contribution in [1.82, 2.24) is 4.90 Å². The summed E-state index contributed by atoms with van der Waals surface area (Å²) in [6.45, 7) is 3.66. The molecule has 0 aromatic heterocycles. The summed E-state index contributed by atoms with van der Waals surface area (Å²) in [6, 6.07) is 10.2. The number of aliphatic hydroxyl groups is 1. The lowest BCUT2D eigenvalue weighted by molar-refractivity contribution is -0.135. The van der Waals surface area contributed by atoms with Gasteiger partial charge in [0, 0.05) is 5.75 Å². The van der Waals surface area contributed by atoms with E-state index in [2.05, 4.69) is 12.1 Å². The summed E-state index contributed by atoms with van der Waals surface area (Å²) in [5.41, 5.74) is 1.20. The largest absolute Gasteiger partial charge is 0.392 e. The van der Waals surface area contributed by atoms with E-state index in [-0.39, 0.29) is 11.9 Å². The van der Waals surface area contributed by atoms with Crippen LogP contribution < -0.4 is 0 Å². The van der Waals surface area contributed by atoms with E-state index in [0.717, 1.165) is 12.2 Å². The van der Waals surface area contributed by atoms with Crippen LogP contribution in [0.5, 0.6) is 0 Å². The molecule has 0 bridgehead atoms. The van der Waals surface area contributed by atoms with Gasteiger partial charge in [-0.3, -0.25) is 9.69 Å². The van der Waals surface area contributed by atoms with Crippen molar-refractivity contribution in [3.05, 3.63) is 35.9 Å². The van der Waals surface area contributed by atoms with Crippen LogP contribution in [-0.2, 0) is 11.2 Å². The predicted molar refractivity (Wildman–Crippen MR) is 91.3 cm³/mol. The fourth-order valence-corrected chi connectivity index (χ4v) is 3.93. The van der Waals surface area contributed by atoms with Gasteiger partial charge in [0.15, 0.2) is 0 Å². The lowest BCUT2D eigenvalue weighted by Crippen LogP contribution is -2.45. The Morgan fingerprint density at radius 1 is 1.48 bits per heavy atom. The molecular formula is C16H21NO2S2. The highest BCUT2D eigenvalue weighted by atomic mass is 32.2. The van der Waals surface area contributed by atoms with Gasteiger partial charge in [0.25, 0.3) is 0 Å². The number of carbonyl (C=O) groups is 1. The topological polar surface area (TPSA) is 40.5 Å². The summed E-state index contributed by atoms with van der Waals surface area (Å²) in [5, 5.41) is 9.92. The number of hydrogen-bond donors (Lipinski definition) is 1. The van der Waals surface area contributed by atoms with Gasteiger partial charge in [-0.2, -0.15) is 0 Å². The second-order valence-electron chi connectivity index (χ2n) is 5.39. The summed E-state index contributed by atoms with van der Waals surface area (Å²) in [4.78, 5) is 14.3. The van der Waals surface area contributed by atoms with Crippen molar-refractivity contribution in [2.75, 3.05) is 5.75 Å². The lowest BCUT2D eigenvalue weighted by Gasteiger charge is -2.28. The third-order valence-corrected chi connectivity index (χ3v) is 5.44. The molecule has 1 aliphatic rings. The molecular weight excluding hydrogens is 302 g/mol. The fraction of sp³-hybridized carbons (Fsp3) is 0.500. The van der Waals surface area contributed by atoms with Gasteiger partial charge >= 0.3 is 0 Å². The third kappa shape index (κ3) is 3.84. The van der Waals surface area contributed by atoms with E-state index in [1.54, 1.807) is 23.6 Å². The molecule has 0 saturated carbocycles. The number of aliphatic hydroxyl groups excluding tert-OH is 1. The number of amides is 1. The zero-order valence-corrected chi connectivity index (χ0v) is 14.0. The Kier molecular flexibility index (Phi) is 5.79. The Morgan fingerprint density at radius 3 is 2.76 bits per heavy atom. The minimum Gasteiger partial charge on any atom is -0.392 e. The summed E-state index contributed by atoms with van der Waals surface area (Å²) in [6.07, 6.45) is 0.766. The highest BCUT2D eigenvalue weighted by molar-refractivity contribution is 8.23. The van der Waals surface area contributed by atoms with Crippen molar-refractivity contribution in [3.8, 4) is 0 Å². The van der Waals surface area contributed by atoms with E-state index in [9.17, 15) is 9.90 Å². The molecule has 1 N–H and O–H groups in total. The van der Waals surface area contributed by atoms with Gasteiger partial charge in [0.05, 0.1) is 18.1 Å². The fourth-order valence-electron chi connectivity index (χ4n) is 2.50. The summed E-state index contributed by atoms with van der Waals surface area (Å²) in [5.74, 6) is 0.360. The molecule has 1 heterocycles. The quantitative estimate of drug-likeness (QED) is 0.846. The number of carbonyl (C=O) groups excluding carboxylic acids is 1. The van der Waals surface area contributed by atoms with Gasteiger partial charge < -0.3 is 5.11 Å². The molecule has 0 aliphatic carbocycles. The molecule has 3 atom stereocenters. The first-order valence-corrected chi connectivity index (χ1v) is 8.65. The molecule has 114 valence electrons. The number of thioether (sulfide) groups is 1. The van der Waals surface area contributed by atoms with E-state index >= 15 is 0 Å². The second kappa shape index (κ2) is 7.38. The zero-order valence-electron chi connectivity index (χ0n) is 12.4. The zero-order chi connectivity index (χ0) is 15.4. The first-order chi connectivity index (χ1) is 10.0. The second-order valence-corrected chi connectivity index (χ2v) is 7.05. The Bertz CT molecular complexity index is 506. The van der Waals surface area contributed by atoms with Gasteiger partial charge in [-0.05, 0) is 18.4 Å². The Labute approximate surface area is 135 Å². The van der Waals surface area contributed by atoms with Gasteiger partial charge in [-0.1, -0.05) is 68.2 Å². The monoisotopic (exact) mass is 323 g/mol. The van der Waals surface area contributed by atoms with Crippen molar-refractivity contribution < 1.29 is 9.90 Å². The molecule has 1 fully saturated rings. The molecule has 1 aromatic rings. The van der Waals surface area contributed by atoms with E-state index in [4.69, 9.17) is 12.2 Å². The van der Waals surface area contributed by atoms with E-state index in [1.807, 2.05) is 25.1 Å². The molecule has 0 radical (unpaired) electrons. The molecule has 0 unspecified atom stereocenters. The molecule has 5 heteroatoms. The van der Waals surface area contributed by atoms with Crippen LogP contribution in [0.2, 0.25) is 0 Å². The van der Waals surface area contributed by atoms with Crippen LogP contribution in [-0.4, -0.2) is 38.1 Å². The smallest absolute Gasteiger partial charge is 0.233 e. The summed E-state index contributed by atoms with van der Waals surface area (Å²) in [7, 11) is 0. The lowest BCUT2D eigenvalue weighted by atomic mass is 9.99. The molecule has 2 rings (SSSR count). The van der Waals surface area contributed by atoms with Gasteiger partial charge in [0.1, 0.15) is 4.32 Å². The molecule has 1 aliphatic heterocycles. The van der Waals surface area contributed by atoms with Gasteiger partial charge in [0.2, 0.25) is 5.91 Å².